The molecule has 0 aliphatic rings. The molecule has 0 radical (unpaired) electrons. The number of nitrogens with two attached hydrogens (primary N) is 2. The molecular formula is C8H14N6S. The third-order valence-electron chi connectivity index (χ3n) is 1.62. The fourth-order valence-electron chi connectivity index (χ4n) is 1.02. The van der Waals surface area contributed by atoms with Crippen LogP contribution in [0, 0.1) is 5.41 Å². The van der Waals surface area contributed by atoms with Crippen LogP contribution in [-0.2, 0) is 13.5 Å². The van der Waals surface area contributed by atoms with E-state index < -0.39 is 0 Å². The Balaban J connectivity index is 2.28. The second-order valence-corrected chi connectivity index (χ2v) is 4.05. The van der Waals surface area contributed by atoms with Crippen molar-refractivity contribution in [3.63, 3.8) is 0 Å². The van der Waals surface area contributed by atoms with Crippen molar-refractivity contribution in [3.05, 3.63) is 18.0 Å². The molecule has 7 heteroatoms. The van der Waals surface area contributed by atoms with Crippen LogP contribution in [0.5, 0.6) is 0 Å². The normalized spacial score (nSPS) is 9.93. The Labute approximate surface area is 92.2 Å². The predicted octanol–water partition coefficient (Wildman–Crippen LogP) is -0.0960. The van der Waals surface area contributed by atoms with Crippen LogP contribution in [0.4, 0.5) is 0 Å². The number of hydrogen-bond acceptors (Lipinski definition) is 3. The molecule has 1 rings (SSSR count). The lowest BCUT2D eigenvalue weighted by atomic mass is 10.3. The van der Waals surface area contributed by atoms with Gasteiger partial charge in [0, 0.05) is 19.0 Å². The number of hydrogen-bond donors (Lipinski definition) is 3. The number of aromatic nitrogens is 2. The highest BCUT2D eigenvalue weighted by atomic mass is 32.2. The van der Waals surface area contributed by atoms with Gasteiger partial charge in [-0.15, -0.1) is 0 Å². The first-order valence-corrected chi connectivity index (χ1v) is 5.35. The molecule has 0 atom stereocenters. The van der Waals surface area contributed by atoms with Gasteiger partial charge in [-0.2, -0.15) is 10.1 Å². The first kappa shape index (κ1) is 11.6. The fourth-order valence-corrected chi connectivity index (χ4v) is 1.72. The molecule has 1 aromatic heterocycles. The SMILES string of the molecule is Cn1cc(CCSC(=N)N=C(N)N)cn1. The van der Waals surface area contributed by atoms with E-state index in [1.807, 2.05) is 19.4 Å². The molecule has 0 aromatic carbocycles. The highest BCUT2D eigenvalue weighted by Gasteiger charge is 1.99. The van der Waals surface area contributed by atoms with Crippen LogP contribution in [0.3, 0.4) is 0 Å². The molecule has 0 saturated heterocycles. The van der Waals surface area contributed by atoms with E-state index in [1.165, 1.54) is 11.8 Å². The predicted molar refractivity (Wildman–Crippen MR) is 62.9 cm³/mol. The van der Waals surface area contributed by atoms with Crippen molar-refractivity contribution in [2.45, 2.75) is 6.42 Å². The van der Waals surface area contributed by atoms with E-state index in [4.69, 9.17) is 16.9 Å². The maximum absolute atomic E-state index is 7.38. The van der Waals surface area contributed by atoms with Crippen molar-refractivity contribution in [1.82, 2.24) is 9.78 Å². The van der Waals surface area contributed by atoms with Gasteiger partial charge >= 0.3 is 0 Å². The number of amidine groups is 1. The second kappa shape index (κ2) is 5.40. The molecule has 15 heavy (non-hydrogen) atoms. The summed E-state index contributed by atoms with van der Waals surface area (Å²) in [5.41, 5.74) is 11.4. The number of aliphatic imine (C=N–C) groups is 1. The Morgan fingerprint density at radius 3 is 2.93 bits per heavy atom. The minimum Gasteiger partial charge on any atom is -0.370 e. The van der Waals surface area contributed by atoms with Gasteiger partial charge in [0.05, 0.1) is 6.20 Å². The molecule has 0 bridgehead atoms. The fraction of sp³-hybridized carbons (Fsp3) is 0.375. The van der Waals surface area contributed by atoms with Crippen molar-refractivity contribution in [2.24, 2.45) is 23.5 Å². The molecule has 6 nitrogen and oxygen atoms in total. The van der Waals surface area contributed by atoms with E-state index in [9.17, 15) is 0 Å². The maximum atomic E-state index is 7.38. The van der Waals surface area contributed by atoms with Gasteiger partial charge in [-0.3, -0.25) is 10.1 Å². The highest BCUT2D eigenvalue weighted by molar-refractivity contribution is 8.13. The third kappa shape index (κ3) is 4.50. The van der Waals surface area contributed by atoms with Crippen molar-refractivity contribution >= 4 is 22.9 Å². The smallest absolute Gasteiger partial charge is 0.193 e. The minimum absolute atomic E-state index is 0.0751. The van der Waals surface area contributed by atoms with E-state index in [2.05, 4.69) is 10.1 Å². The summed E-state index contributed by atoms with van der Waals surface area (Å²) in [4.78, 5) is 3.61. The zero-order valence-corrected chi connectivity index (χ0v) is 9.29. The van der Waals surface area contributed by atoms with Gasteiger partial charge in [-0.05, 0) is 12.0 Å². The van der Waals surface area contributed by atoms with E-state index in [0.29, 0.717) is 0 Å². The van der Waals surface area contributed by atoms with Crippen LogP contribution in [0.15, 0.2) is 17.4 Å². The molecule has 0 fully saturated rings. The quantitative estimate of drug-likeness (QED) is 0.494. The standard InChI is InChI=1S/C8H14N6S/c1-14-5-6(4-12-14)2-3-15-8(11)13-7(9)10/h4-5H,2-3H2,1H3,(H5,9,10,11,13). The van der Waals surface area contributed by atoms with Gasteiger partial charge in [0.25, 0.3) is 0 Å². The van der Waals surface area contributed by atoms with Crippen LogP contribution >= 0.6 is 11.8 Å². The number of thioether (sulfide) groups is 1. The first-order chi connectivity index (χ1) is 7.08. The van der Waals surface area contributed by atoms with Crippen molar-refractivity contribution < 1.29 is 0 Å². The Morgan fingerprint density at radius 2 is 2.40 bits per heavy atom. The maximum Gasteiger partial charge on any atom is 0.193 e. The van der Waals surface area contributed by atoms with Crippen LogP contribution < -0.4 is 11.5 Å². The third-order valence-corrected chi connectivity index (χ3v) is 2.39. The van der Waals surface area contributed by atoms with E-state index >= 15 is 0 Å². The summed E-state index contributed by atoms with van der Waals surface area (Å²) in [5, 5.41) is 11.6. The molecule has 5 N–H and O–H groups in total. The topological polar surface area (TPSA) is 106 Å². The summed E-state index contributed by atoms with van der Waals surface area (Å²) in [6.07, 6.45) is 4.61. The van der Waals surface area contributed by atoms with Crippen molar-refractivity contribution in [3.8, 4) is 0 Å². The summed E-state index contributed by atoms with van der Waals surface area (Å²) < 4.78 is 1.75. The molecule has 0 saturated carbocycles. The van der Waals surface area contributed by atoms with Gasteiger partial charge in [0.2, 0.25) is 0 Å². The second-order valence-electron chi connectivity index (χ2n) is 2.96. The molecule has 82 valence electrons. The molecule has 1 aromatic rings. The summed E-state index contributed by atoms with van der Waals surface area (Å²) in [5.74, 6) is 0.690. The summed E-state index contributed by atoms with van der Waals surface area (Å²) >= 11 is 1.31. The van der Waals surface area contributed by atoms with E-state index in [0.717, 1.165) is 17.7 Å². The zero-order valence-electron chi connectivity index (χ0n) is 8.47. The molecule has 0 unspecified atom stereocenters. The average Bonchev–Trinajstić information content (AvgIpc) is 2.50. The van der Waals surface area contributed by atoms with E-state index in [-0.39, 0.29) is 11.1 Å². The average molecular weight is 226 g/mol. The van der Waals surface area contributed by atoms with Gasteiger partial charge in [0.1, 0.15) is 0 Å². The summed E-state index contributed by atoms with van der Waals surface area (Å²) in [6, 6.07) is 0. The molecule has 0 aliphatic carbocycles. The minimum atomic E-state index is -0.0751. The zero-order chi connectivity index (χ0) is 11.3. The van der Waals surface area contributed by atoms with Gasteiger partial charge in [-0.25, -0.2) is 0 Å². The van der Waals surface area contributed by atoms with Gasteiger partial charge in [-0.1, -0.05) is 11.8 Å². The largest absolute Gasteiger partial charge is 0.370 e. The highest BCUT2D eigenvalue weighted by Crippen LogP contribution is 2.07. The van der Waals surface area contributed by atoms with Crippen LogP contribution in [0.2, 0.25) is 0 Å². The Hall–Kier alpha value is -1.50. The Morgan fingerprint density at radius 1 is 1.67 bits per heavy atom. The number of rotatable bonds is 3. The van der Waals surface area contributed by atoms with Gasteiger partial charge in [0.15, 0.2) is 11.1 Å². The van der Waals surface area contributed by atoms with Gasteiger partial charge < -0.3 is 11.5 Å². The lowest BCUT2D eigenvalue weighted by Gasteiger charge is -1.97. The number of aryl methyl sites for hydroxylation is 2. The number of guanidine groups is 1. The molecule has 0 spiro atoms. The molecule has 0 amide bonds. The van der Waals surface area contributed by atoms with Crippen molar-refractivity contribution in [2.75, 3.05) is 5.75 Å². The number of nitrogens with one attached hydrogen (secondary N) is 1. The molecule has 0 aliphatic heterocycles. The Bertz CT molecular complexity index is 365. The number of nitrogens with zero attached hydrogens (tertiary/aromatic N) is 3. The monoisotopic (exact) mass is 226 g/mol. The Kier molecular flexibility index (Phi) is 4.17. The summed E-state index contributed by atoms with van der Waals surface area (Å²) in [7, 11) is 1.87. The van der Waals surface area contributed by atoms with Crippen molar-refractivity contribution in [1.29, 1.82) is 5.41 Å². The van der Waals surface area contributed by atoms with Crippen LogP contribution in [-0.4, -0.2) is 26.7 Å². The molecule has 1 heterocycles. The molecular weight excluding hydrogens is 212 g/mol. The van der Waals surface area contributed by atoms with E-state index in [1.54, 1.807) is 4.68 Å². The van der Waals surface area contributed by atoms with Crippen LogP contribution in [0.25, 0.3) is 0 Å². The lowest BCUT2D eigenvalue weighted by molar-refractivity contribution is 0.767. The lowest BCUT2D eigenvalue weighted by Crippen LogP contribution is -2.23. The van der Waals surface area contributed by atoms with Crippen LogP contribution in [0.1, 0.15) is 5.56 Å². The summed E-state index contributed by atoms with van der Waals surface area (Å²) in [6.45, 7) is 0. The first-order valence-electron chi connectivity index (χ1n) is 4.36.